The standard InChI is InChI=1S/C25H27ClN4O3/c1-27-23(31)17-12-13-30(15-17)25(32)19(16-6-4-3-5-7-16)9-11-21-24(33-2)29-22-14-18(26)8-10-20(22)28-21/h3-8,10,14,17,19H,9,11-13,15H2,1-2H3,(H,27,31)/t17-,19?/m1/s1. The Kier molecular flexibility index (Phi) is 7.08. The van der Waals surface area contributed by atoms with Crippen molar-refractivity contribution >= 4 is 34.4 Å². The molecule has 8 heteroatoms. The van der Waals surface area contributed by atoms with E-state index < -0.39 is 0 Å². The summed E-state index contributed by atoms with van der Waals surface area (Å²) in [5.41, 5.74) is 3.04. The number of amides is 2. The van der Waals surface area contributed by atoms with E-state index in [0.717, 1.165) is 11.1 Å². The Bertz CT molecular complexity index is 1160. The first-order valence-electron chi connectivity index (χ1n) is 11.1. The molecule has 1 aliphatic rings. The average molecular weight is 467 g/mol. The summed E-state index contributed by atoms with van der Waals surface area (Å²) in [5.74, 6) is -0.0504. The van der Waals surface area contributed by atoms with Gasteiger partial charge >= 0.3 is 0 Å². The number of nitrogens with zero attached hydrogens (tertiary/aromatic N) is 3. The third-order valence-electron chi connectivity index (χ3n) is 6.14. The van der Waals surface area contributed by atoms with Crippen LogP contribution in [-0.4, -0.2) is 53.9 Å². The highest BCUT2D eigenvalue weighted by atomic mass is 35.5. The van der Waals surface area contributed by atoms with Gasteiger partial charge in [0, 0.05) is 25.2 Å². The van der Waals surface area contributed by atoms with E-state index in [1.807, 2.05) is 41.3 Å². The monoisotopic (exact) mass is 466 g/mol. The number of benzene rings is 2. The highest BCUT2D eigenvalue weighted by Crippen LogP contribution is 2.30. The largest absolute Gasteiger partial charge is 0.480 e. The lowest BCUT2D eigenvalue weighted by Gasteiger charge is -2.24. The van der Waals surface area contributed by atoms with Crippen LogP contribution in [0.25, 0.3) is 11.0 Å². The van der Waals surface area contributed by atoms with Gasteiger partial charge in [0.05, 0.1) is 30.0 Å². The van der Waals surface area contributed by atoms with E-state index in [1.165, 1.54) is 0 Å². The Morgan fingerprint density at radius 3 is 2.70 bits per heavy atom. The molecule has 7 nitrogen and oxygen atoms in total. The number of methoxy groups -OCH3 is 1. The zero-order chi connectivity index (χ0) is 23.4. The summed E-state index contributed by atoms with van der Waals surface area (Å²) >= 11 is 6.08. The van der Waals surface area contributed by atoms with E-state index in [0.29, 0.717) is 54.5 Å². The average Bonchev–Trinajstić information content (AvgIpc) is 3.34. The van der Waals surface area contributed by atoms with Gasteiger partial charge in [-0.1, -0.05) is 41.9 Å². The number of halogens is 1. The summed E-state index contributed by atoms with van der Waals surface area (Å²) in [5, 5.41) is 3.28. The molecule has 1 unspecified atom stereocenters. The summed E-state index contributed by atoms with van der Waals surface area (Å²) in [6.45, 7) is 1.03. The minimum absolute atomic E-state index is 0.0159. The van der Waals surface area contributed by atoms with E-state index in [2.05, 4.69) is 10.3 Å². The van der Waals surface area contributed by atoms with Gasteiger partial charge in [-0.25, -0.2) is 9.97 Å². The van der Waals surface area contributed by atoms with Crippen LogP contribution in [0.15, 0.2) is 48.5 Å². The number of fused-ring (bicyclic) bond motifs is 1. The number of hydrogen-bond acceptors (Lipinski definition) is 5. The van der Waals surface area contributed by atoms with Crippen molar-refractivity contribution in [3.63, 3.8) is 0 Å². The lowest BCUT2D eigenvalue weighted by molar-refractivity contribution is -0.132. The van der Waals surface area contributed by atoms with Crippen molar-refractivity contribution in [3.8, 4) is 5.88 Å². The Morgan fingerprint density at radius 1 is 1.18 bits per heavy atom. The van der Waals surface area contributed by atoms with Crippen LogP contribution in [0.2, 0.25) is 5.02 Å². The number of carbonyl (C=O) groups excluding carboxylic acids is 2. The van der Waals surface area contributed by atoms with Crippen LogP contribution in [0.4, 0.5) is 0 Å². The second-order valence-electron chi connectivity index (χ2n) is 8.20. The molecule has 0 saturated carbocycles. The van der Waals surface area contributed by atoms with Gasteiger partial charge < -0.3 is 15.0 Å². The molecule has 2 atom stereocenters. The number of nitrogens with one attached hydrogen (secondary N) is 1. The first-order valence-corrected chi connectivity index (χ1v) is 11.4. The second-order valence-corrected chi connectivity index (χ2v) is 8.64. The Hall–Kier alpha value is -3.19. The molecule has 2 amide bonds. The quantitative estimate of drug-likeness (QED) is 0.575. The number of aryl methyl sites for hydroxylation is 1. The molecule has 3 aromatic rings. The Morgan fingerprint density at radius 2 is 1.97 bits per heavy atom. The minimum Gasteiger partial charge on any atom is -0.480 e. The number of hydrogen-bond donors (Lipinski definition) is 1. The Balaban J connectivity index is 1.57. The van der Waals surface area contributed by atoms with Gasteiger partial charge in [0.25, 0.3) is 0 Å². The molecule has 2 heterocycles. The molecular weight excluding hydrogens is 440 g/mol. The summed E-state index contributed by atoms with van der Waals surface area (Å²) in [4.78, 5) is 36.7. The molecule has 1 fully saturated rings. The number of carbonyl (C=O) groups is 2. The van der Waals surface area contributed by atoms with Gasteiger partial charge in [0.2, 0.25) is 17.7 Å². The molecule has 1 N–H and O–H groups in total. The van der Waals surface area contributed by atoms with Crippen molar-refractivity contribution in [1.29, 1.82) is 0 Å². The van der Waals surface area contributed by atoms with E-state index in [9.17, 15) is 9.59 Å². The smallest absolute Gasteiger partial charge is 0.235 e. The normalized spacial score (nSPS) is 16.6. The predicted molar refractivity (Wildman–Crippen MR) is 127 cm³/mol. The van der Waals surface area contributed by atoms with Crippen molar-refractivity contribution < 1.29 is 14.3 Å². The lowest BCUT2D eigenvalue weighted by atomic mass is 9.92. The third-order valence-corrected chi connectivity index (χ3v) is 6.38. The lowest BCUT2D eigenvalue weighted by Crippen LogP contribution is -2.36. The topological polar surface area (TPSA) is 84.4 Å². The molecule has 172 valence electrons. The van der Waals surface area contributed by atoms with E-state index in [1.54, 1.807) is 26.3 Å². The summed E-state index contributed by atoms with van der Waals surface area (Å²) in [7, 11) is 3.19. The van der Waals surface area contributed by atoms with Crippen LogP contribution in [0.3, 0.4) is 0 Å². The van der Waals surface area contributed by atoms with E-state index in [4.69, 9.17) is 21.3 Å². The van der Waals surface area contributed by atoms with Gasteiger partial charge in [-0.2, -0.15) is 0 Å². The molecule has 1 aromatic heterocycles. The van der Waals surface area contributed by atoms with Crippen molar-refractivity contribution in [1.82, 2.24) is 20.2 Å². The van der Waals surface area contributed by atoms with Gasteiger partial charge in [-0.05, 0) is 43.0 Å². The van der Waals surface area contributed by atoms with Crippen molar-refractivity contribution in [3.05, 3.63) is 64.8 Å². The fraction of sp³-hybridized carbons (Fsp3) is 0.360. The fourth-order valence-corrected chi connectivity index (χ4v) is 4.54. The minimum atomic E-state index is -0.345. The highest BCUT2D eigenvalue weighted by molar-refractivity contribution is 6.31. The molecule has 0 spiro atoms. The first kappa shape index (κ1) is 23.0. The van der Waals surface area contributed by atoms with Gasteiger partial charge in [-0.3, -0.25) is 9.59 Å². The van der Waals surface area contributed by atoms with Crippen LogP contribution in [0.1, 0.15) is 30.0 Å². The van der Waals surface area contributed by atoms with Crippen molar-refractivity contribution in [2.45, 2.75) is 25.2 Å². The molecule has 2 aromatic carbocycles. The van der Waals surface area contributed by atoms with E-state index >= 15 is 0 Å². The number of ether oxygens (including phenoxy) is 1. The van der Waals surface area contributed by atoms with Crippen LogP contribution in [0.5, 0.6) is 5.88 Å². The predicted octanol–water partition coefficient (Wildman–Crippen LogP) is 3.60. The number of aromatic nitrogens is 2. The van der Waals surface area contributed by atoms with Gasteiger partial charge in [0.15, 0.2) is 0 Å². The molecule has 33 heavy (non-hydrogen) atoms. The maximum atomic E-state index is 13.5. The second kappa shape index (κ2) is 10.2. The first-order chi connectivity index (χ1) is 16.0. The fourth-order valence-electron chi connectivity index (χ4n) is 4.37. The number of likely N-dealkylation sites (tertiary alicyclic amines) is 1. The SMILES string of the molecule is CNC(=O)[C@@H]1CCN(C(=O)C(CCc2nc3ccc(Cl)cc3nc2OC)c2ccccc2)C1. The maximum Gasteiger partial charge on any atom is 0.235 e. The zero-order valence-corrected chi connectivity index (χ0v) is 19.5. The summed E-state index contributed by atoms with van der Waals surface area (Å²) in [6, 6.07) is 15.1. The summed E-state index contributed by atoms with van der Waals surface area (Å²) in [6.07, 6.45) is 1.75. The van der Waals surface area contributed by atoms with Crippen LogP contribution >= 0.6 is 11.6 Å². The zero-order valence-electron chi connectivity index (χ0n) is 18.8. The van der Waals surface area contributed by atoms with Crippen LogP contribution in [0, 0.1) is 5.92 Å². The molecule has 0 aliphatic carbocycles. The molecule has 4 rings (SSSR count). The summed E-state index contributed by atoms with van der Waals surface area (Å²) < 4.78 is 5.49. The van der Waals surface area contributed by atoms with Crippen LogP contribution < -0.4 is 10.1 Å². The van der Waals surface area contributed by atoms with E-state index in [-0.39, 0.29) is 23.7 Å². The van der Waals surface area contributed by atoms with Crippen molar-refractivity contribution in [2.24, 2.45) is 5.92 Å². The van der Waals surface area contributed by atoms with Crippen LogP contribution in [-0.2, 0) is 16.0 Å². The number of rotatable bonds is 7. The molecule has 0 bridgehead atoms. The van der Waals surface area contributed by atoms with Crippen molar-refractivity contribution in [2.75, 3.05) is 27.2 Å². The van der Waals surface area contributed by atoms with Gasteiger partial charge in [0.1, 0.15) is 5.69 Å². The Labute approximate surface area is 198 Å². The molecule has 1 aliphatic heterocycles. The molecular formula is C25H27ClN4O3. The highest BCUT2D eigenvalue weighted by Gasteiger charge is 2.34. The molecule has 0 radical (unpaired) electrons. The maximum absolute atomic E-state index is 13.5. The third kappa shape index (κ3) is 5.09. The van der Waals surface area contributed by atoms with Gasteiger partial charge in [-0.15, -0.1) is 0 Å². The molecule has 1 saturated heterocycles.